The first-order chi connectivity index (χ1) is 7.38. The molecule has 1 aliphatic carbocycles. The van der Waals surface area contributed by atoms with Gasteiger partial charge in [0.2, 0.25) is 0 Å². The van der Waals surface area contributed by atoms with E-state index in [-0.39, 0.29) is 0 Å². The number of aliphatic hydroxyl groups is 1. The fourth-order valence-corrected chi connectivity index (χ4v) is 4.00. The summed E-state index contributed by atoms with van der Waals surface area (Å²) in [6.07, 6.45) is 4.46. The maximum atomic E-state index is 11.6. The Balaban J connectivity index is 2.65. The minimum absolute atomic E-state index is 0.317. The fraction of sp³-hybridized carbons (Fsp3) is 0.455. The Morgan fingerprint density at radius 2 is 2.00 bits per heavy atom. The molecule has 1 aromatic rings. The maximum absolute atomic E-state index is 11.6. The van der Waals surface area contributed by atoms with Crippen molar-refractivity contribution < 1.29 is 13.5 Å². The van der Waals surface area contributed by atoms with E-state index in [9.17, 15) is 13.5 Å². The van der Waals surface area contributed by atoms with Crippen molar-refractivity contribution >= 4 is 21.6 Å². The summed E-state index contributed by atoms with van der Waals surface area (Å²) in [6.45, 7) is 0. The second kappa shape index (κ2) is 3.75. The van der Waals surface area contributed by atoms with Crippen LogP contribution in [0.15, 0.2) is 28.0 Å². The first-order valence-corrected chi connectivity index (χ1v) is 8.10. The van der Waals surface area contributed by atoms with E-state index in [1.165, 1.54) is 18.0 Å². The molecule has 5 heteroatoms. The van der Waals surface area contributed by atoms with Crippen LogP contribution in [0.4, 0.5) is 0 Å². The summed E-state index contributed by atoms with van der Waals surface area (Å²) < 4.78 is 23.2. The summed E-state index contributed by atoms with van der Waals surface area (Å²) in [6, 6.07) is 5.10. The van der Waals surface area contributed by atoms with Crippen molar-refractivity contribution in [3.05, 3.63) is 23.8 Å². The van der Waals surface area contributed by atoms with Crippen molar-refractivity contribution in [1.29, 1.82) is 0 Å². The van der Waals surface area contributed by atoms with Crippen LogP contribution in [0.1, 0.15) is 18.4 Å². The minimum atomic E-state index is -3.23. The fourth-order valence-electron chi connectivity index (χ4n) is 1.77. The lowest BCUT2D eigenvalue weighted by Gasteiger charge is -2.15. The van der Waals surface area contributed by atoms with Gasteiger partial charge in [-0.15, -0.1) is 11.8 Å². The van der Waals surface area contributed by atoms with Gasteiger partial charge in [0.1, 0.15) is 0 Å². The van der Waals surface area contributed by atoms with Crippen molar-refractivity contribution in [2.45, 2.75) is 28.2 Å². The smallest absolute Gasteiger partial charge is 0.176 e. The maximum Gasteiger partial charge on any atom is 0.176 e. The van der Waals surface area contributed by atoms with Crippen molar-refractivity contribution in [3.63, 3.8) is 0 Å². The predicted octanol–water partition coefficient (Wildman–Crippen LogP) is 1.79. The normalized spacial score (nSPS) is 18.4. The Kier molecular flexibility index (Phi) is 2.80. The van der Waals surface area contributed by atoms with Gasteiger partial charge in [0.15, 0.2) is 9.84 Å². The Bertz CT molecular complexity index is 516. The van der Waals surface area contributed by atoms with Crippen LogP contribution >= 0.6 is 11.8 Å². The first kappa shape index (κ1) is 12.0. The molecule has 0 spiro atoms. The molecule has 1 saturated carbocycles. The highest BCUT2D eigenvalue weighted by Gasteiger charge is 2.44. The van der Waals surface area contributed by atoms with Gasteiger partial charge in [0.05, 0.1) is 10.5 Å². The standard InChI is InChI=1S/C11H14O3S2/c1-15-10-8(11(12)6-7-11)4-3-5-9(10)16(2,13)14/h3-5,12H,6-7H2,1-2H3. The van der Waals surface area contributed by atoms with Crippen LogP contribution < -0.4 is 0 Å². The summed E-state index contributed by atoms with van der Waals surface area (Å²) in [7, 11) is -3.23. The number of hydrogen-bond acceptors (Lipinski definition) is 4. The molecule has 0 radical (unpaired) electrons. The summed E-state index contributed by atoms with van der Waals surface area (Å²) in [5, 5.41) is 10.1. The highest BCUT2D eigenvalue weighted by atomic mass is 32.2. The molecule has 0 heterocycles. The van der Waals surface area contributed by atoms with Crippen molar-refractivity contribution in [2.75, 3.05) is 12.5 Å². The van der Waals surface area contributed by atoms with E-state index in [4.69, 9.17) is 0 Å². The Morgan fingerprint density at radius 1 is 1.38 bits per heavy atom. The lowest BCUT2D eigenvalue weighted by molar-refractivity contribution is 0.148. The van der Waals surface area contributed by atoms with Gasteiger partial charge in [-0.1, -0.05) is 12.1 Å². The summed E-state index contributed by atoms with van der Waals surface area (Å²) in [5.74, 6) is 0. The Morgan fingerprint density at radius 3 is 2.44 bits per heavy atom. The van der Waals surface area contributed by atoms with Gasteiger partial charge in [-0.2, -0.15) is 0 Å². The molecular weight excluding hydrogens is 244 g/mol. The van der Waals surface area contributed by atoms with Crippen LogP contribution in [0.2, 0.25) is 0 Å². The third-order valence-corrected chi connectivity index (χ3v) is 4.92. The quantitative estimate of drug-likeness (QED) is 0.840. The zero-order chi connectivity index (χ0) is 12.0. The molecule has 1 N–H and O–H groups in total. The molecule has 1 fully saturated rings. The zero-order valence-electron chi connectivity index (χ0n) is 9.23. The van der Waals surface area contributed by atoms with Crippen LogP contribution in [0, 0.1) is 0 Å². The average molecular weight is 258 g/mol. The molecular formula is C11H14O3S2. The van der Waals surface area contributed by atoms with Crippen LogP contribution in [0.25, 0.3) is 0 Å². The second-order valence-electron chi connectivity index (χ2n) is 4.14. The highest BCUT2D eigenvalue weighted by Crippen LogP contribution is 2.49. The summed E-state index contributed by atoms with van der Waals surface area (Å²) >= 11 is 1.38. The molecule has 88 valence electrons. The average Bonchev–Trinajstić information content (AvgIpc) is 2.95. The second-order valence-corrected chi connectivity index (χ2v) is 6.94. The van der Waals surface area contributed by atoms with Crippen molar-refractivity contribution in [1.82, 2.24) is 0 Å². The van der Waals surface area contributed by atoms with Crippen LogP contribution in [-0.2, 0) is 15.4 Å². The van der Waals surface area contributed by atoms with Crippen LogP contribution in [-0.4, -0.2) is 26.0 Å². The number of rotatable bonds is 3. The van der Waals surface area contributed by atoms with E-state index in [1.807, 2.05) is 12.3 Å². The zero-order valence-corrected chi connectivity index (χ0v) is 10.9. The summed E-state index contributed by atoms with van der Waals surface area (Å²) in [4.78, 5) is 1.00. The number of hydrogen-bond donors (Lipinski definition) is 1. The van der Waals surface area contributed by atoms with Gasteiger partial charge in [-0.05, 0) is 30.7 Å². The van der Waals surface area contributed by atoms with E-state index >= 15 is 0 Å². The van der Waals surface area contributed by atoms with Crippen LogP contribution in [0.3, 0.4) is 0 Å². The van der Waals surface area contributed by atoms with E-state index in [2.05, 4.69) is 0 Å². The highest BCUT2D eigenvalue weighted by molar-refractivity contribution is 7.99. The lowest BCUT2D eigenvalue weighted by atomic mass is 10.1. The van der Waals surface area contributed by atoms with Crippen molar-refractivity contribution in [2.24, 2.45) is 0 Å². The SMILES string of the molecule is CSc1c(C2(O)CC2)cccc1S(C)(=O)=O. The van der Waals surface area contributed by atoms with Gasteiger partial charge >= 0.3 is 0 Å². The molecule has 1 aliphatic rings. The predicted molar refractivity (Wildman–Crippen MR) is 64.5 cm³/mol. The van der Waals surface area contributed by atoms with Gasteiger partial charge in [0, 0.05) is 11.2 Å². The Labute approximate surface area is 99.8 Å². The molecule has 2 rings (SSSR count). The van der Waals surface area contributed by atoms with Crippen molar-refractivity contribution in [3.8, 4) is 0 Å². The molecule has 0 aromatic heterocycles. The van der Waals surface area contributed by atoms with Gasteiger partial charge < -0.3 is 5.11 Å². The van der Waals surface area contributed by atoms with Gasteiger partial charge in [0.25, 0.3) is 0 Å². The minimum Gasteiger partial charge on any atom is -0.385 e. The topological polar surface area (TPSA) is 54.4 Å². The molecule has 0 amide bonds. The molecule has 0 aliphatic heterocycles. The molecule has 1 aromatic carbocycles. The van der Waals surface area contributed by atoms with E-state index in [0.717, 1.165) is 5.56 Å². The molecule has 16 heavy (non-hydrogen) atoms. The molecule has 3 nitrogen and oxygen atoms in total. The van der Waals surface area contributed by atoms with Gasteiger partial charge in [-0.25, -0.2) is 8.42 Å². The number of thioether (sulfide) groups is 1. The number of benzene rings is 1. The molecule has 0 atom stereocenters. The van der Waals surface area contributed by atoms with E-state index < -0.39 is 15.4 Å². The third kappa shape index (κ3) is 1.99. The largest absolute Gasteiger partial charge is 0.385 e. The summed E-state index contributed by atoms with van der Waals surface area (Å²) in [5.41, 5.74) is -0.0399. The lowest BCUT2D eigenvalue weighted by Crippen LogP contribution is -2.09. The van der Waals surface area contributed by atoms with E-state index in [1.54, 1.807) is 12.1 Å². The first-order valence-electron chi connectivity index (χ1n) is 4.98. The van der Waals surface area contributed by atoms with E-state index in [0.29, 0.717) is 22.6 Å². The van der Waals surface area contributed by atoms with Crippen LogP contribution in [0.5, 0.6) is 0 Å². The Hall–Kier alpha value is -0.520. The number of sulfone groups is 1. The third-order valence-electron chi connectivity index (χ3n) is 2.81. The molecule has 0 unspecified atom stereocenters. The molecule has 0 saturated heterocycles. The van der Waals surface area contributed by atoms with Gasteiger partial charge in [-0.3, -0.25) is 0 Å². The molecule has 0 bridgehead atoms. The monoisotopic (exact) mass is 258 g/mol.